The minimum Gasteiger partial charge on any atom is -0.352 e. The number of amides is 1. The lowest BCUT2D eigenvalue weighted by Crippen LogP contribution is -2.25. The molecule has 0 aliphatic carbocycles. The number of nitrogens with one attached hydrogen (secondary N) is 1. The Kier molecular flexibility index (Phi) is 6.05. The van der Waals surface area contributed by atoms with Crippen molar-refractivity contribution >= 4 is 34.8 Å². The second-order valence-corrected chi connectivity index (χ2v) is 5.28. The van der Waals surface area contributed by atoms with Gasteiger partial charge in [0.1, 0.15) is 5.56 Å². The van der Waals surface area contributed by atoms with Gasteiger partial charge in [0.2, 0.25) is 0 Å². The highest BCUT2D eigenvalue weighted by Crippen LogP contribution is 2.22. The maximum Gasteiger partial charge on any atom is 0.282 e. The zero-order valence-corrected chi connectivity index (χ0v) is 11.9. The molecule has 0 aliphatic heterocycles. The zero-order valence-electron chi connectivity index (χ0n) is 10.4. The lowest BCUT2D eigenvalue weighted by atomic mass is 10.1. The average molecular weight is 305 g/mol. The molecular formula is C12H14Cl2N2O3. The number of nitro groups is 1. The van der Waals surface area contributed by atoms with E-state index in [0.717, 1.165) is 6.42 Å². The maximum atomic E-state index is 11.9. The first-order valence-electron chi connectivity index (χ1n) is 5.78. The van der Waals surface area contributed by atoms with Crippen LogP contribution < -0.4 is 5.32 Å². The number of carbonyl (C=O) groups excluding carboxylic acids is 1. The Labute approximate surface area is 121 Å². The lowest BCUT2D eigenvalue weighted by Gasteiger charge is -2.07. The molecule has 0 spiro atoms. The summed E-state index contributed by atoms with van der Waals surface area (Å²) in [6, 6.07) is 3.89. The zero-order chi connectivity index (χ0) is 14.4. The summed E-state index contributed by atoms with van der Waals surface area (Å²) in [5.74, 6) is -0.503. The van der Waals surface area contributed by atoms with E-state index in [-0.39, 0.29) is 21.7 Å². The maximum absolute atomic E-state index is 11.9. The molecule has 1 unspecified atom stereocenters. The number of alkyl halides is 1. The summed E-state index contributed by atoms with van der Waals surface area (Å²) in [6.45, 7) is 2.28. The number of hydrogen-bond acceptors (Lipinski definition) is 3. The smallest absolute Gasteiger partial charge is 0.282 e. The summed E-state index contributed by atoms with van der Waals surface area (Å²) >= 11 is 11.5. The van der Waals surface area contributed by atoms with Crippen LogP contribution in [0.4, 0.5) is 5.69 Å². The van der Waals surface area contributed by atoms with Gasteiger partial charge in [0.05, 0.1) is 4.92 Å². The Balaban J connectivity index is 2.70. The summed E-state index contributed by atoms with van der Waals surface area (Å²) in [5, 5.41) is 13.8. The predicted molar refractivity (Wildman–Crippen MR) is 75.0 cm³/mol. The summed E-state index contributed by atoms with van der Waals surface area (Å²) in [5.41, 5.74) is -0.288. The number of carbonyl (C=O) groups is 1. The predicted octanol–water partition coefficient (Wildman–Crippen LogP) is 3.39. The molecule has 0 aromatic heterocycles. The first-order valence-corrected chi connectivity index (χ1v) is 6.59. The number of rotatable bonds is 6. The molecule has 5 nitrogen and oxygen atoms in total. The van der Waals surface area contributed by atoms with Gasteiger partial charge in [0.15, 0.2) is 0 Å². The van der Waals surface area contributed by atoms with E-state index in [0.29, 0.717) is 13.0 Å². The highest BCUT2D eigenvalue weighted by atomic mass is 35.5. The Morgan fingerprint density at radius 2 is 2.21 bits per heavy atom. The molecule has 0 fully saturated rings. The number of nitrogens with zero attached hydrogens (tertiary/aromatic N) is 1. The third-order valence-corrected chi connectivity index (χ3v) is 2.92. The van der Waals surface area contributed by atoms with E-state index in [4.69, 9.17) is 23.2 Å². The van der Waals surface area contributed by atoms with Crippen LogP contribution in [0.2, 0.25) is 5.02 Å². The largest absolute Gasteiger partial charge is 0.352 e. The summed E-state index contributed by atoms with van der Waals surface area (Å²) < 4.78 is 0. The molecule has 0 heterocycles. The van der Waals surface area contributed by atoms with Crippen molar-refractivity contribution in [2.24, 2.45) is 0 Å². The monoisotopic (exact) mass is 304 g/mol. The van der Waals surface area contributed by atoms with Crippen LogP contribution in [-0.2, 0) is 0 Å². The van der Waals surface area contributed by atoms with Crippen LogP contribution in [0.5, 0.6) is 0 Å². The highest BCUT2D eigenvalue weighted by molar-refractivity contribution is 6.31. The second-order valence-electron chi connectivity index (χ2n) is 4.10. The van der Waals surface area contributed by atoms with Crippen molar-refractivity contribution in [1.82, 2.24) is 5.32 Å². The van der Waals surface area contributed by atoms with E-state index in [9.17, 15) is 14.9 Å². The van der Waals surface area contributed by atoms with Gasteiger partial charge < -0.3 is 5.32 Å². The molecule has 0 bridgehead atoms. The van der Waals surface area contributed by atoms with Gasteiger partial charge in [-0.05, 0) is 31.9 Å². The molecule has 104 valence electrons. The fourth-order valence-electron chi connectivity index (χ4n) is 1.53. The van der Waals surface area contributed by atoms with Gasteiger partial charge in [-0.2, -0.15) is 0 Å². The van der Waals surface area contributed by atoms with E-state index >= 15 is 0 Å². The molecule has 1 aromatic carbocycles. The Hall–Kier alpha value is -1.33. The van der Waals surface area contributed by atoms with Crippen molar-refractivity contribution in [2.45, 2.75) is 25.1 Å². The number of nitro benzene ring substituents is 1. The quantitative estimate of drug-likeness (QED) is 0.379. The highest BCUT2D eigenvalue weighted by Gasteiger charge is 2.19. The van der Waals surface area contributed by atoms with Crippen LogP contribution in [0.15, 0.2) is 18.2 Å². The van der Waals surface area contributed by atoms with Gasteiger partial charge in [0, 0.05) is 23.0 Å². The van der Waals surface area contributed by atoms with Crippen LogP contribution >= 0.6 is 23.2 Å². The molecule has 0 radical (unpaired) electrons. The van der Waals surface area contributed by atoms with Crippen LogP contribution in [0.1, 0.15) is 30.1 Å². The Morgan fingerprint density at radius 1 is 1.53 bits per heavy atom. The fourth-order valence-corrected chi connectivity index (χ4v) is 1.86. The molecule has 0 saturated carbocycles. The van der Waals surface area contributed by atoms with Crippen molar-refractivity contribution in [3.8, 4) is 0 Å². The number of halogens is 2. The van der Waals surface area contributed by atoms with E-state index in [1.54, 1.807) is 0 Å². The van der Waals surface area contributed by atoms with Gasteiger partial charge >= 0.3 is 0 Å². The first kappa shape index (κ1) is 15.7. The topological polar surface area (TPSA) is 72.2 Å². The van der Waals surface area contributed by atoms with E-state index < -0.39 is 10.8 Å². The molecule has 19 heavy (non-hydrogen) atoms. The van der Waals surface area contributed by atoms with Crippen molar-refractivity contribution in [1.29, 1.82) is 0 Å². The molecule has 0 saturated heterocycles. The van der Waals surface area contributed by atoms with Crippen LogP contribution in [-0.4, -0.2) is 22.8 Å². The van der Waals surface area contributed by atoms with Gasteiger partial charge in [0.25, 0.3) is 11.6 Å². The molecule has 1 N–H and O–H groups in total. The van der Waals surface area contributed by atoms with E-state index in [1.807, 2.05) is 6.92 Å². The second kappa shape index (κ2) is 7.31. The lowest BCUT2D eigenvalue weighted by molar-refractivity contribution is -0.385. The SMILES string of the molecule is CC(Cl)CCCNC(=O)c1cc(Cl)ccc1[N+](=O)[O-]. The van der Waals surface area contributed by atoms with Gasteiger partial charge in [-0.25, -0.2) is 0 Å². The van der Waals surface area contributed by atoms with Crippen LogP contribution in [0.25, 0.3) is 0 Å². The van der Waals surface area contributed by atoms with E-state index in [1.165, 1.54) is 18.2 Å². The molecule has 0 aliphatic rings. The fraction of sp³-hybridized carbons (Fsp3) is 0.417. The van der Waals surface area contributed by atoms with E-state index in [2.05, 4.69) is 5.32 Å². The number of hydrogen-bond donors (Lipinski definition) is 1. The van der Waals surface area contributed by atoms with Crippen molar-refractivity contribution in [3.05, 3.63) is 38.9 Å². The molecule has 1 amide bonds. The normalized spacial score (nSPS) is 11.9. The van der Waals surface area contributed by atoms with Gasteiger partial charge in [-0.15, -0.1) is 11.6 Å². The Morgan fingerprint density at radius 3 is 2.79 bits per heavy atom. The minimum atomic E-state index is -0.605. The van der Waals surface area contributed by atoms with Gasteiger partial charge in [-0.1, -0.05) is 11.6 Å². The third-order valence-electron chi connectivity index (χ3n) is 2.46. The number of benzene rings is 1. The summed E-state index contributed by atoms with van der Waals surface area (Å²) in [4.78, 5) is 22.1. The van der Waals surface area contributed by atoms with Crippen molar-refractivity contribution in [3.63, 3.8) is 0 Å². The first-order chi connectivity index (χ1) is 8.91. The van der Waals surface area contributed by atoms with Crippen LogP contribution in [0, 0.1) is 10.1 Å². The molecule has 1 rings (SSSR count). The van der Waals surface area contributed by atoms with Crippen molar-refractivity contribution < 1.29 is 9.72 Å². The Bertz CT molecular complexity index is 478. The van der Waals surface area contributed by atoms with Gasteiger partial charge in [-0.3, -0.25) is 14.9 Å². The summed E-state index contributed by atoms with van der Waals surface area (Å²) in [7, 11) is 0. The molecule has 1 aromatic rings. The molecule has 1 atom stereocenters. The molecule has 7 heteroatoms. The third kappa shape index (κ3) is 5.04. The average Bonchev–Trinajstić information content (AvgIpc) is 2.33. The molecular weight excluding hydrogens is 291 g/mol. The summed E-state index contributed by atoms with van der Waals surface area (Å²) in [6.07, 6.45) is 1.48. The van der Waals surface area contributed by atoms with Crippen LogP contribution in [0.3, 0.4) is 0 Å². The minimum absolute atomic E-state index is 0.0311. The standard InChI is InChI=1S/C12H14Cl2N2O3/c1-8(13)3-2-6-15-12(17)10-7-9(14)4-5-11(10)16(18)19/h4-5,7-8H,2-3,6H2,1H3,(H,15,17). The van der Waals surface area contributed by atoms with Crippen molar-refractivity contribution in [2.75, 3.05) is 6.54 Å².